The summed E-state index contributed by atoms with van der Waals surface area (Å²) in [5.74, 6) is -0.884. The number of anilines is 1. The number of halogens is 1. The zero-order chi connectivity index (χ0) is 14.9. The lowest BCUT2D eigenvalue weighted by Gasteiger charge is -2.08. The van der Waals surface area contributed by atoms with Crippen LogP contribution in [0.25, 0.3) is 10.8 Å². The molecular formula is C15H11FN2O2S. The van der Waals surface area contributed by atoms with Gasteiger partial charge in [-0.1, -0.05) is 30.3 Å². The predicted molar refractivity (Wildman–Crippen MR) is 79.0 cm³/mol. The molecule has 0 saturated carbocycles. The highest BCUT2D eigenvalue weighted by atomic mass is 32.2. The SMILES string of the molecule is O=S(=O)(Nc1ccc2ccccc2c1)c1ncccc1F. The quantitative estimate of drug-likeness (QED) is 0.808. The van der Waals surface area contributed by atoms with E-state index in [0.717, 1.165) is 16.8 Å². The van der Waals surface area contributed by atoms with Crippen molar-refractivity contribution in [3.05, 3.63) is 66.6 Å². The lowest BCUT2D eigenvalue weighted by molar-refractivity contribution is 0.557. The summed E-state index contributed by atoms with van der Waals surface area (Å²) >= 11 is 0. The minimum atomic E-state index is -4.05. The number of nitrogens with zero attached hydrogens (tertiary/aromatic N) is 1. The van der Waals surface area contributed by atoms with Gasteiger partial charge in [-0.2, -0.15) is 8.42 Å². The van der Waals surface area contributed by atoms with E-state index in [1.807, 2.05) is 24.3 Å². The van der Waals surface area contributed by atoms with E-state index in [1.165, 1.54) is 12.3 Å². The Morgan fingerprint density at radius 1 is 0.952 bits per heavy atom. The van der Waals surface area contributed by atoms with Gasteiger partial charge in [-0.15, -0.1) is 0 Å². The Morgan fingerprint density at radius 3 is 2.48 bits per heavy atom. The summed E-state index contributed by atoms with van der Waals surface area (Å²) in [4.78, 5) is 3.58. The van der Waals surface area contributed by atoms with Crippen LogP contribution in [0.3, 0.4) is 0 Å². The van der Waals surface area contributed by atoms with Crippen LogP contribution in [-0.2, 0) is 10.0 Å². The molecule has 0 fully saturated rings. The molecule has 0 aliphatic heterocycles. The standard InChI is InChI=1S/C15H11FN2O2S/c16-14-6-3-9-17-15(14)21(19,20)18-13-8-7-11-4-1-2-5-12(11)10-13/h1-10,18H. The first-order valence-corrected chi connectivity index (χ1v) is 7.67. The van der Waals surface area contributed by atoms with Crippen molar-refractivity contribution in [1.82, 2.24) is 4.98 Å². The molecule has 0 aliphatic rings. The van der Waals surface area contributed by atoms with Gasteiger partial charge < -0.3 is 0 Å². The molecular weight excluding hydrogens is 291 g/mol. The van der Waals surface area contributed by atoms with E-state index in [-0.39, 0.29) is 0 Å². The molecule has 3 aromatic rings. The maximum Gasteiger partial charge on any atom is 0.282 e. The summed E-state index contributed by atoms with van der Waals surface area (Å²) in [6, 6.07) is 15.1. The van der Waals surface area contributed by atoms with Gasteiger partial charge in [-0.25, -0.2) is 9.37 Å². The summed E-state index contributed by atoms with van der Waals surface area (Å²) < 4.78 is 40.2. The Balaban J connectivity index is 1.99. The van der Waals surface area contributed by atoms with Crippen molar-refractivity contribution in [3.63, 3.8) is 0 Å². The molecule has 1 aromatic heterocycles. The van der Waals surface area contributed by atoms with Gasteiger partial charge in [0.2, 0.25) is 5.03 Å². The van der Waals surface area contributed by atoms with Gasteiger partial charge >= 0.3 is 0 Å². The van der Waals surface area contributed by atoms with Gasteiger partial charge in [-0.3, -0.25) is 4.72 Å². The van der Waals surface area contributed by atoms with E-state index in [4.69, 9.17) is 0 Å². The summed E-state index contributed by atoms with van der Waals surface area (Å²) in [6.45, 7) is 0. The zero-order valence-electron chi connectivity index (χ0n) is 10.8. The number of sulfonamides is 1. The highest BCUT2D eigenvalue weighted by Crippen LogP contribution is 2.21. The Bertz CT molecular complexity index is 910. The largest absolute Gasteiger partial charge is 0.282 e. The van der Waals surface area contributed by atoms with Crippen LogP contribution in [0, 0.1) is 5.82 Å². The summed E-state index contributed by atoms with van der Waals surface area (Å²) in [5.41, 5.74) is 0.360. The lowest BCUT2D eigenvalue weighted by Crippen LogP contribution is -2.16. The van der Waals surface area contributed by atoms with Crippen LogP contribution in [0.2, 0.25) is 0 Å². The van der Waals surface area contributed by atoms with Gasteiger partial charge in [0.05, 0.1) is 0 Å². The summed E-state index contributed by atoms with van der Waals surface area (Å²) in [7, 11) is -4.05. The maximum absolute atomic E-state index is 13.6. The summed E-state index contributed by atoms with van der Waals surface area (Å²) in [5, 5.41) is 1.27. The summed E-state index contributed by atoms with van der Waals surface area (Å²) in [6.07, 6.45) is 1.23. The van der Waals surface area contributed by atoms with Crippen molar-refractivity contribution in [2.75, 3.05) is 4.72 Å². The highest BCUT2D eigenvalue weighted by Gasteiger charge is 2.20. The number of fused-ring (bicyclic) bond motifs is 1. The van der Waals surface area contributed by atoms with Gasteiger partial charge in [0.15, 0.2) is 5.82 Å². The Labute approximate surface area is 121 Å². The average molecular weight is 302 g/mol. The van der Waals surface area contributed by atoms with Gasteiger partial charge in [0.25, 0.3) is 10.0 Å². The number of nitrogens with one attached hydrogen (secondary N) is 1. The average Bonchev–Trinajstić information content (AvgIpc) is 2.47. The number of hydrogen-bond donors (Lipinski definition) is 1. The van der Waals surface area contributed by atoms with Crippen molar-refractivity contribution in [1.29, 1.82) is 0 Å². The van der Waals surface area contributed by atoms with Crippen molar-refractivity contribution < 1.29 is 12.8 Å². The maximum atomic E-state index is 13.6. The number of aromatic nitrogens is 1. The monoisotopic (exact) mass is 302 g/mol. The van der Waals surface area contributed by atoms with Crippen molar-refractivity contribution in [2.24, 2.45) is 0 Å². The van der Waals surface area contributed by atoms with E-state index < -0.39 is 20.9 Å². The van der Waals surface area contributed by atoms with Gasteiger partial charge in [0, 0.05) is 11.9 Å². The normalized spacial score (nSPS) is 11.5. The number of benzene rings is 2. The fourth-order valence-corrected chi connectivity index (χ4v) is 3.08. The minimum Gasteiger partial charge on any atom is -0.278 e. The minimum absolute atomic E-state index is 0.360. The molecule has 2 aromatic carbocycles. The van der Waals surface area contributed by atoms with Crippen LogP contribution < -0.4 is 4.72 Å². The molecule has 0 amide bonds. The number of pyridine rings is 1. The van der Waals surface area contributed by atoms with Crippen LogP contribution in [0.4, 0.5) is 10.1 Å². The third-order valence-electron chi connectivity index (χ3n) is 2.98. The Kier molecular flexibility index (Phi) is 3.31. The number of hydrogen-bond acceptors (Lipinski definition) is 3. The van der Waals surface area contributed by atoms with E-state index in [2.05, 4.69) is 9.71 Å². The molecule has 0 bridgehead atoms. The third kappa shape index (κ3) is 2.71. The van der Waals surface area contributed by atoms with Crippen molar-refractivity contribution in [3.8, 4) is 0 Å². The molecule has 3 rings (SSSR count). The molecule has 106 valence electrons. The van der Waals surface area contributed by atoms with Gasteiger partial charge in [0.1, 0.15) is 0 Å². The molecule has 21 heavy (non-hydrogen) atoms. The molecule has 0 saturated heterocycles. The fourth-order valence-electron chi connectivity index (χ4n) is 2.03. The van der Waals surface area contributed by atoms with Crippen molar-refractivity contribution in [2.45, 2.75) is 5.03 Å². The lowest BCUT2D eigenvalue weighted by atomic mass is 10.1. The molecule has 0 atom stereocenters. The van der Waals surface area contributed by atoms with Crippen LogP contribution >= 0.6 is 0 Å². The molecule has 0 spiro atoms. The van der Waals surface area contributed by atoms with Crippen molar-refractivity contribution >= 4 is 26.5 Å². The van der Waals surface area contributed by atoms with E-state index in [1.54, 1.807) is 18.2 Å². The highest BCUT2D eigenvalue weighted by molar-refractivity contribution is 7.92. The Morgan fingerprint density at radius 2 is 1.71 bits per heavy atom. The van der Waals surface area contributed by atoms with E-state index in [9.17, 15) is 12.8 Å². The second kappa shape index (κ2) is 5.14. The number of rotatable bonds is 3. The molecule has 1 heterocycles. The van der Waals surface area contributed by atoms with Crippen LogP contribution in [0.1, 0.15) is 0 Å². The first-order chi connectivity index (χ1) is 10.1. The van der Waals surface area contributed by atoms with E-state index in [0.29, 0.717) is 5.69 Å². The van der Waals surface area contributed by atoms with E-state index >= 15 is 0 Å². The first kappa shape index (κ1) is 13.5. The predicted octanol–water partition coefficient (Wildman–Crippen LogP) is 3.17. The first-order valence-electron chi connectivity index (χ1n) is 6.18. The molecule has 0 aliphatic carbocycles. The molecule has 0 radical (unpaired) electrons. The second-order valence-corrected chi connectivity index (χ2v) is 6.06. The molecule has 0 unspecified atom stereocenters. The van der Waals surface area contributed by atoms with Gasteiger partial charge in [-0.05, 0) is 35.0 Å². The smallest absolute Gasteiger partial charge is 0.278 e. The third-order valence-corrected chi connectivity index (χ3v) is 4.29. The second-order valence-electron chi connectivity index (χ2n) is 4.46. The van der Waals surface area contributed by atoms with Crippen LogP contribution in [0.5, 0.6) is 0 Å². The molecule has 6 heteroatoms. The van der Waals surface area contributed by atoms with Crippen LogP contribution in [0.15, 0.2) is 65.8 Å². The molecule has 4 nitrogen and oxygen atoms in total. The van der Waals surface area contributed by atoms with Crippen LogP contribution in [-0.4, -0.2) is 13.4 Å². The molecule has 1 N–H and O–H groups in total. The topological polar surface area (TPSA) is 59.1 Å². The fraction of sp³-hybridized carbons (Fsp3) is 0. The Hall–Kier alpha value is -2.47. The zero-order valence-corrected chi connectivity index (χ0v) is 11.6.